The molecule has 0 saturated heterocycles. The Morgan fingerprint density at radius 2 is 1.48 bits per heavy atom. The Hall–Kier alpha value is -5.27. The Morgan fingerprint density at radius 1 is 0.850 bits per heavy atom. The van der Waals surface area contributed by atoms with E-state index in [2.05, 4.69) is 30.9 Å². The molecule has 0 spiro atoms. The smallest absolute Gasteiger partial charge is 0.343 e. The topological polar surface area (TPSA) is 93.5 Å². The molecule has 1 aliphatic heterocycles. The van der Waals surface area contributed by atoms with E-state index < -0.39 is 5.63 Å². The lowest BCUT2D eigenvalue weighted by Gasteiger charge is -2.20. The summed E-state index contributed by atoms with van der Waals surface area (Å²) in [5.41, 5.74) is 3.81. The van der Waals surface area contributed by atoms with Crippen molar-refractivity contribution in [1.29, 1.82) is 10.5 Å². The van der Waals surface area contributed by atoms with Gasteiger partial charge in [0.15, 0.2) is 0 Å². The summed E-state index contributed by atoms with van der Waals surface area (Å²) in [5, 5.41) is 19.7. The summed E-state index contributed by atoms with van der Waals surface area (Å²) in [6, 6.07) is 19.5. The first-order valence-electron chi connectivity index (χ1n) is 13.0. The third-order valence-corrected chi connectivity index (χ3v) is 6.50. The van der Waals surface area contributed by atoms with E-state index in [0.717, 1.165) is 35.4 Å². The molecule has 200 valence electrons. The van der Waals surface area contributed by atoms with Gasteiger partial charge in [0.1, 0.15) is 34.8 Å². The molecule has 0 amide bonds. The molecule has 0 aliphatic carbocycles. The maximum atomic E-state index is 12.7. The van der Waals surface area contributed by atoms with Crippen LogP contribution in [0.3, 0.4) is 0 Å². The van der Waals surface area contributed by atoms with Gasteiger partial charge in [-0.05, 0) is 80.1 Å². The maximum Gasteiger partial charge on any atom is 0.343 e. The van der Waals surface area contributed by atoms with E-state index >= 15 is 0 Å². The predicted octanol–water partition coefficient (Wildman–Crippen LogP) is 6.57. The van der Waals surface area contributed by atoms with E-state index in [1.54, 1.807) is 36.4 Å². The minimum atomic E-state index is -0.481. The number of nitriles is 2. The summed E-state index contributed by atoms with van der Waals surface area (Å²) in [7, 11) is 3.84. The highest BCUT2D eigenvalue weighted by molar-refractivity contribution is 5.82. The quantitative estimate of drug-likeness (QED) is 0.240. The average Bonchev–Trinajstić information content (AvgIpc) is 2.96. The van der Waals surface area contributed by atoms with Crippen LogP contribution in [-0.2, 0) is 4.74 Å². The largest absolute Gasteiger partial charge is 0.457 e. The van der Waals surface area contributed by atoms with E-state index in [0.29, 0.717) is 28.2 Å². The van der Waals surface area contributed by atoms with Gasteiger partial charge in [-0.3, -0.25) is 0 Å². The van der Waals surface area contributed by atoms with Gasteiger partial charge in [0, 0.05) is 55.6 Å². The van der Waals surface area contributed by atoms with Gasteiger partial charge in [0.2, 0.25) is 0 Å². The van der Waals surface area contributed by atoms with E-state index in [4.69, 9.17) is 9.15 Å². The van der Waals surface area contributed by atoms with Gasteiger partial charge < -0.3 is 19.0 Å². The van der Waals surface area contributed by atoms with Crippen molar-refractivity contribution >= 4 is 34.5 Å². The van der Waals surface area contributed by atoms with Crippen molar-refractivity contribution in [2.45, 2.75) is 13.8 Å². The molecular weight excluding hydrogens is 500 g/mol. The molecule has 0 unspecified atom stereocenters. The van der Waals surface area contributed by atoms with E-state index in [-0.39, 0.29) is 5.57 Å². The van der Waals surface area contributed by atoms with Crippen molar-refractivity contribution in [2.75, 3.05) is 37.0 Å². The molecule has 3 aromatic rings. The van der Waals surface area contributed by atoms with Crippen LogP contribution < -0.4 is 15.4 Å². The second kappa shape index (κ2) is 12.5. The van der Waals surface area contributed by atoms with Gasteiger partial charge >= 0.3 is 5.63 Å². The van der Waals surface area contributed by atoms with Crippen molar-refractivity contribution < 1.29 is 9.15 Å². The second-order valence-corrected chi connectivity index (χ2v) is 9.29. The molecule has 1 aromatic heterocycles. The zero-order valence-corrected chi connectivity index (χ0v) is 23.0. The van der Waals surface area contributed by atoms with Crippen molar-refractivity contribution in [3.05, 3.63) is 117 Å². The first-order chi connectivity index (χ1) is 19.3. The fourth-order valence-corrected chi connectivity index (χ4v) is 4.25. The van der Waals surface area contributed by atoms with E-state index in [1.807, 2.05) is 67.5 Å². The molecule has 0 atom stereocenters. The molecular formula is C33H30N4O3. The van der Waals surface area contributed by atoms with E-state index in [1.165, 1.54) is 0 Å². The Labute approximate surface area is 234 Å². The number of fused-ring (bicyclic) bond motifs is 1. The SMILES string of the molecule is CCN(CC)c1ccc(/C=C/C2=CC(=C(C#N)C#N)C=C(/C=C/c3cc4ccc(N(C)C)cc4oc3=O)O2)cc1. The third-order valence-electron chi connectivity index (χ3n) is 6.50. The molecule has 2 heterocycles. The molecule has 7 heteroatoms. The number of rotatable bonds is 8. The van der Waals surface area contributed by atoms with Gasteiger partial charge in [-0.15, -0.1) is 0 Å². The number of allylic oxidation sites excluding steroid dienone is 6. The van der Waals surface area contributed by atoms with Crippen LogP contribution >= 0.6 is 0 Å². The van der Waals surface area contributed by atoms with E-state index in [9.17, 15) is 15.3 Å². The predicted molar refractivity (Wildman–Crippen MR) is 160 cm³/mol. The molecule has 0 N–H and O–H groups in total. The lowest BCUT2D eigenvalue weighted by Crippen LogP contribution is -2.21. The Morgan fingerprint density at radius 3 is 2.08 bits per heavy atom. The summed E-state index contributed by atoms with van der Waals surface area (Å²) in [6.45, 7) is 6.11. The molecule has 0 fully saturated rings. The minimum Gasteiger partial charge on any atom is -0.457 e. The normalized spacial score (nSPS) is 13.0. The number of hydrogen-bond acceptors (Lipinski definition) is 7. The van der Waals surface area contributed by atoms with Crippen LogP contribution in [0.15, 0.2) is 105 Å². The van der Waals surface area contributed by atoms with Gasteiger partial charge in [0.25, 0.3) is 0 Å². The van der Waals surface area contributed by atoms with Crippen LogP contribution in [0.4, 0.5) is 11.4 Å². The number of hydrogen-bond donors (Lipinski definition) is 0. The monoisotopic (exact) mass is 530 g/mol. The highest BCUT2D eigenvalue weighted by Gasteiger charge is 2.13. The van der Waals surface area contributed by atoms with Crippen molar-refractivity contribution in [2.24, 2.45) is 0 Å². The number of ether oxygens (including phenoxy) is 1. The third kappa shape index (κ3) is 6.40. The highest BCUT2D eigenvalue weighted by atomic mass is 16.5. The average molecular weight is 531 g/mol. The summed E-state index contributed by atoms with van der Waals surface area (Å²) < 4.78 is 11.6. The Balaban J connectivity index is 1.61. The lowest BCUT2D eigenvalue weighted by molar-refractivity contribution is 0.332. The zero-order valence-electron chi connectivity index (χ0n) is 23.0. The van der Waals surface area contributed by atoms with Crippen molar-refractivity contribution in [1.82, 2.24) is 0 Å². The van der Waals surface area contributed by atoms with Gasteiger partial charge in [0.05, 0.1) is 5.56 Å². The van der Waals surface area contributed by atoms with Gasteiger partial charge in [-0.2, -0.15) is 10.5 Å². The molecule has 2 aromatic carbocycles. The molecule has 0 bridgehead atoms. The van der Waals surface area contributed by atoms with Crippen LogP contribution in [0.5, 0.6) is 0 Å². The molecule has 1 aliphatic rings. The van der Waals surface area contributed by atoms with Crippen LogP contribution in [-0.4, -0.2) is 27.2 Å². The van der Waals surface area contributed by atoms with Crippen LogP contribution in [0.2, 0.25) is 0 Å². The zero-order chi connectivity index (χ0) is 28.6. The first-order valence-corrected chi connectivity index (χ1v) is 13.0. The number of anilines is 2. The fourth-order valence-electron chi connectivity index (χ4n) is 4.25. The second-order valence-electron chi connectivity index (χ2n) is 9.29. The number of nitrogens with zero attached hydrogens (tertiary/aromatic N) is 4. The van der Waals surface area contributed by atoms with Gasteiger partial charge in [-0.25, -0.2) is 4.79 Å². The summed E-state index contributed by atoms with van der Waals surface area (Å²) in [4.78, 5) is 16.9. The molecule has 7 nitrogen and oxygen atoms in total. The minimum absolute atomic E-state index is 0.0365. The van der Waals surface area contributed by atoms with Gasteiger partial charge in [-0.1, -0.05) is 18.2 Å². The molecule has 40 heavy (non-hydrogen) atoms. The highest BCUT2D eigenvalue weighted by Crippen LogP contribution is 2.26. The van der Waals surface area contributed by atoms with Crippen LogP contribution in [0, 0.1) is 22.7 Å². The molecule has 0 radical (unpaired) electrons. The summed E-state index contributed by atoms with van der Waals surface area (Å²) >= 11 is 0. The Bertz CT molecular complexity index is 1690. The maximum absolute atomic E-state index is 12.7. The van der Waals surface area contributed by atoms with Crippen molar-refractivity contribution in [3.63, 3.8) is 0 Å². The summed E-state index contributed by atoms with van der Waals surface area (Å²) in [5.74, 6) is 0.828. The molecule has 4 rings (SSSR count). The number of benzene rings is 2. The van der Waals surface area contributed by atoms with Crippen LogP contribution in [0.25, 0.3) is 23.1 Å². The lowest BCUT2D eigenvalue weighted by atomic mass is 10.1. The van der Waals surface area contributed by atoms with Crippen molar-refractivity contribution in [3.8, 4) is 12.1 Å². The first kappa shape index (κ1) is 27.8. The molecule has 0 saturated carbocycles. The summed E-state index contributed by atoms with van der Waals surface area (Å²) in [6.07, 6.45) is 10.2. The fraction of sp³-hybridized carbons (Fsp3) is 0.182. The standard InChI is InChI=1S/C33H30N4O3/c1-5-37(6-2)28-12-7-23(8-13-28)9-15-30-18-26(27(21-34)22-35)19-31(39-30)16-11-25-17-24-10-14-29(36(3)4)20-32(24)40-33(25)38/h7-20H,5-6H2,1-4H3/b15-9+,16-11+. The van der Waals surface area contributed by atoms with Crippen LogP contribution in [0.1, 0.15) is 25.0 Å². The Kier molecular flexibility index (Phi) is 8.69.